The lowest BCUT2D eigenvalue weighted by molar-refractivity contribution is -0.137. The lowest BCUT2D eigenvalue weighted by Gasteiger charge is -2.38. The van der Waals surface area contributed by atoms with Crippen LogP contribution in [0.3, 0.4) is 0 Å². The number of carbonyl (C=O) groups excluding carboxylic acids is 1. The van der Waals surface area contributed by atoms with Crippen LogP contribution in [0, 0.1) is 0 Å². The molecule has 1 saturated heterocycles. The van der Waals surface area contributed by atoms with E-state index < -0.39 is 0 Å². The number of aromatic nitrogens is 2. The minimum absolute atomic E-state index is 0.115. The Kier molecular flexibility index (Phi) is 4.88. The predicted molar refractivity (Wildman–Crippen MR) is 97.7 cm³/mol. The second-order valence-corrected chi connectivity index (χ2v) is 6.98. The van der Waals surface area contributed by atoms with Crippen molar-refractivity contribution in [3.63, 3.8) is 0 Å². The summed E-state index contributed by atoms with van der Waals surface area (Å²) in [6.07, 6.45) is 7.25. The van der Waals surface area contributed by atoms with Gasteiger partial charge < -0.3 is 14.2 Å². The van der Waals surface area contributed by atoms with E-state index >= 15 is 0 Å². The van der Waals surface area contributed by atoms with Gasteiger partial charge in [0.25, 0.3) is 0 Å². The summed E-state index contributed by atoms with van der Waals surface area (Å²) in [5, 5.41) is 0. The quantitative estimate of drug-likeness (QED) is 0.832. The Morgan fingerprint density at radius 3 is 2.69 bits per heavy atom. The second kappa shape index (κ2) is 7.45. The van der Waals surface area contributed by atoms with E-state index in [1.54, 1.807) is 18.7 Å². The van der Waals surface area contributed by atoms with Crippen molar-refractivity contribution in [1.29, 1.82) is 0 Å². The predicted octanol–water partition coefficient (Wildman–Crippen LogP) is 1.56. The molecular weight excluding hydrogens is 330 g/mol. The number of fused-ring (bicyclic) bond motifs is 1. The molecule has 0 N–H and O–H groups in total. The van der Waals surface area contributed by atoms with Crippen LogP contribution in [-0.2, 0) is 17.8 Å². The van der Waals surface area contributed by atoms with Crippen LogP contribution in [0.5, 0.6) is 0 Å². The molecular formula is C19H25N5O2. The number of furan rings is 1. The summed E-state index contributed by atoms with van der Waals surface area (Å²) in [5.74, 6) is 2.03. The number of carbonyl (C=O) groups is 1. The summed E-state index contributed by atoms with van der Waals surface area (Å²) in [6, 6.07) is 3.73. The first-order valence-corrected chi connectivity index (χ1v) is 9.32. The van der Waals surface area contributed by atoms with E-state index in [4.69, 9.17) is 4.42 Å². The monoisotopic (exact) mass is 355 g/mol. The molecule has 138 valence electrons. The van der Waals surface area contributed by atoms with E-state index in [0.29, 0.717) is 13.1 Å². The van der Waals surface area contributed by atoms with Crippen molar-refractivity contribution in [1.82, 2.24) is 19.8 Å². The smallest absolute Gasteiger partial charge is 0.239 e. The highest BCUT2D eigenvalue weighted by Gasteiger charge is 2.30. The number of amides is 1. The zero-order valence-electron chi connectivity index (χ0n) is 15.2. The van der Waals surface area contributed by atoms with Crippen molar-refractivity contribution in [3.8, 4) is 0 Å². The number of aryl methyl sites for hydroxylation is 1. The number of anilines is 1. The summed E-state index contributed by atoms with van der Waals surface area (Å²) >= 11 is 0. The van der Waals surface area contributed by atoms with Crippen LogP contribution >= 0.6 is 0 Å². The maximum absolute atomic E-state index is 13.0. The summed E-state index contributed by atoms with van der Waals surface area (Å²) in [6.45, 7) is 6.72. The summed E-state index contributed by atoms with van der Waals surface area (Å²) < 4.78 is 5.56. The van der Waals surface area contributed by atoms with Crippen molar-refractivity contribution in [2.75, 3.05) is 37.6 Å². The van der Waals surface area contributed by atoms with E-state index in [0.717, 1.165) is 50.7 Å². The van der Waals surface area contributed by atoms with Gasteiger partial charge in [0, 0.05) is 57.1 Å². The molecule has 7 heteroatoms. The largest absolute Gasteiger partial charge is 0.469 e. The first kappa shape index (κ1) is 17.0. The molecule has 0 saturated carbocycles. The second-order valence-electron chi connectivity index (χ2n) is 6.98. The van der Waals surface area contributed by atoms with Crippen LogP contribution in [0.2, 0.25) is 0 Å². The first-order valence-electron chi connectivity index (χ1n) is 9.32. The van der Waals surface area contributed by atoms with E-state index in [1.807, 2.05) is 24.0 Å². The minimum Gasteiger partial charge on any atom is -0.469 e. The Labute approximate surface area is 153 Å². The zero-order chi connectivity index (χ0) is 17.9. The van der Waals surface area contributed by atoms with Crippen LogP contribution in [0.1, 0.15) is 24.7 Å². The summed E-state index contributed by atoms with van der Waals surface area (Å²) in [4.78, 5) is 28.0. The maximum Gasteiger partial charge on any atom is 0.239 e. The molecule has 2 aromatic rings. The van der Waals surface area contributed by atoms with Crippen LogP contribution in [0.25, 0.3) is 0 Å². The molecule has 0 aromatic carbocycles. The summed E-state index contributed by atoms with van der Waals surface area (Å²) in [7, 11) is 0. The van der Waals surface area contributed by atoms with Gasteiger partial charge in [-0.15, -0.1) is 0 Å². The summed E-state index contributed by atoms with van der Waals surface area (Å²) in [5.41, 5.74) is 1.22. The molecule has 0 bridgehead atoms. The van der Waals surface area contributed by atoms with E-state index in [1.165, 1.54) is 5.56 Å². The van der Waals surface area contributed by atoms with Crippen molar-refractivity contribution in [2.45, 2.75) is 32.4 Å². The van der Waals surface area contributed by atoms with Gasteiger partial charge in [-0.05, 0) is 32.0 Å². The number of rotatable bonds is 3. The molecule has 1 atom stereocenters. The van der Waals surface area contributed by atoms with Gasteiger partial charge in [0.2, 0.25) is 11.9 Å². The highest BCUT2D eigenvalue weighted by Crippen LogP contribution is 2.22. The molecule has 2 aliphatic rings. The van der Waals surface area contributed by atoms with Crippen LogP contribution in [0.15, 0.2) is 35.2 Å². The Bertz CT molecular complexity index is 739. The maximum atomic E-state index is 13.0. The van der Waals surface area contributed by atoms with Gasteiger partial charge in [-0.3, -0.25) is 9.69 Å². The molecule has 2 aromatic heterocycles. The number of hydrogen-bond acceptors (Lipinski definition) is 6. The van der Waals surface area contributed by atoms with Gasteiger partial charge in [-0.25, -0.2) is 9.97 Å². The molecule has 4 heterocycles. The molecule has 1 fully saturated rings. The van der Waals surface area contributed by atoms with E-state index in [9.17, 15) is 4.79 Å². The average Bonchev–Trinajstić information content (AvgIpc) is 3.04. The van der Waals surface area contributed by atoms with Crippen molar-refractivity contribution < 1.29 is 9.21 Å². The zero-order valence-corrected chi connectivity index (χ0v) is 15.2. The SMILES string of the molecule is CC(C(=O)N1CCN(c2ncccn2)CC1)N1CCCc2occc2C1. The Morgan fingerprint density at radius 2 is 1.92 bits per heavy atom. The molecule has 2 aliphatic heterocycles. The molecule has 0 spiro atoms. The molecule has 0 aliphatic carbocycles. The van der Waals surface area contributed by atoms with E-state index in [2.05, 4.69) is 19.8 Å². The third-order valence-corrected chi connectivity index (χ3v) is 5.39. The normalized spacial score (nSPS) is 19.7. The Morgan fingerprint density at radius 1 is 1.15 bits per heavy atom. The molecule has 4 rings (SSSR count). The van der Waals surface area contributed by atoms with Crippen LogP contribution in [0.4, 0.5) is 5.95 Å². The molecule has 0 radical (unpaired) electrons. The van der Waals surface area contributed by atoms with Crippen molar-refractivity contribution in [3.05, 3.63) is 42.1 Å². The van der Waals surface area contributed by atoms with Gasteiger partial charge in [0.1, 0.15) is 5.76 Å². The van der Waals surface area contributed by atoms with Crippen LogP contribution in [-0.4, -0.2) is 64.4 Å². The van der Waals surface area contributed by atoms with E-state index in [-0.39, 0.29) is 11.9 Å². The lowest BCUT2D eigenvalue weighted by Crippen LogP contribution is -2.54. The number of piperazine rings is 1. The lowest BCUT2D eigenvalue weighted by atomic mass is 10.2. The Balaban J connectivity index is 1.36. The van der Waals surface area contributed by atoms with Crippen molar-refractivity contribution >= 4 is 11.9 Å². The highest BCUT2D eigenvalue weighted by atomic mass is 16.3. The molecule has 7 nitrogen and oxygen atoms in total. The Hall–Kier alpha value is -2.41. The van der Waals surface area contributed by atoms with Gasteiger partial charge in [0.15, 0.2) is 0 Å². The van der Waals surface area contributed by atoms with Gasteiger partial charge in [-0.1, -0.05) is 0 Å². The standard InChI is InChI=1S/C19H25N5O2/c1-15(24-8-2-4-17-16(14-24)5-13-26-17)18(25)22-9-11-23(12-10-22)19-20-6-3-7-21-19/h3,5-7,13,15H,2,4,8-12,14H2,1H3. The third kappa shape index (κ3) is 3.44. The number of nitrogens with zero attached hydrogens (tertiary/aromatic N) is 5. The highest BCUT2D eigenvalue weighted by molar-refractivity contribution is 5.81. The van der Waals surface area contributed by atoms with Gasteiger partial charge in [0.05, 0.1) is 12.3 Å². The molecule has 1 unspecified atom stereocenters. The van der Waals surface area contributed by atoms with Crippen LogP contribution < -0.4 is 4.90 Å². The topological polar surface area (TPSA) is 65.7 Å². The fraction of sp³-hybridized carbons (Fsp3) is 0.526. The molecule has 26 heavy (non-hydrogen) atoms. The molecule has 1 amide bonds. The average molecular weight is 355 g/mol. The first-order chi connectivity index (χ1) is 12.7. The van der Waals surface area contributed by atoms with Gasteiger partial charge >= 0.3 is 0 Å². The third-order valence-electron chi connectivity index (χ3n) is 5.39. The van der Waals surface area contributed by atoms with Crippen molar-refractivity contribution in [2.24, 2.45) is 0 Å². The minimum atomic E-state index is -0.115. The van der Waals surface area contributed by atoms with Gasteiger partial charge in [-0.2, -0.15) is 0 Å². The fourth-order valence-electron chi connectivity index (χ4n) is 3.80. The number of hydrogen-bond donors (Lipinski definition) is 0. The fourth-order valence-corrected chi connectivity index (χ4v) is 3.80.